The van der Waals surface area contributed by atoms with E-state index in [1.807, 2.05) is 31.2 Å². The average Bonchev–Trinajstić information content (AvgIpc) is 3.03. The molecule has 0 radical (unpaired) electrons. The molecule has 3 rings (SSSR count). The lowest BCUT2D eigenvalue weighted by atomic mass is 10.1. The quantitative estimate of drug-likeness (QED) is 0.331. The van der Waals surface area contributed by atoms with E-state index in [-0.39, 0.29) is 11.2 Å². The van der Waals surface area contributed by atoms with Gasteiger partial charge in [0.05, 0.1) is 35.9 Å². The smallest absolute Gasteiger partial charge is 0.175 e. The Bertz CT molecular complexity index is 1050. The van der Waals surface area contributed by atoms with Crippen molar-refractivity contribution in [2.24, 2.45) is 7.05 Å². The van der Waals surface area contributed by atoms with Gasteiger partial charge in [0, 0.05) is 22.8 Å². The number of aryl methyl sites for hydroxylation is 2. The summed E-state index contributed by atoms with van der Waals surface area (Å²) in [5.74, 6) is -0.465. The van der Waals surface area contributed by atoms with Crippen LogP contribution in [0.3, 0.4) is 0 Å². The highest BCUT2D eigenvalue weighted by atomic mass is 79.9. The fourth-order valence-corrected chi connectivity index (χ4v) is 3.38. The summed E-state index contributed by atoms with van der Waals surface area (Å²) in [6.07, 6.45) is 1.58. The second-order valence-electron chi connectivity index (χ2n) is 6.99. The van der Waals surface area contributed by atoms with E-state index in [4.69, 9.17) is 4.84 Å². The number of benzene rings is 2. The molecule has 0 aliphatic rings. The van der Waals surface area contributed by atoms with E-state index in [1.54, 1.807) is 24.9 Å². The molecule has 6 nitrogen and oxygen atoms in total. The van der Waals surface area contributed by atoms with Crippen molar-refractivity contribution in [3.63, 3.8) is 0 Å². The molecule has 0 amide bonds. The number of rotatable bonds is 8. The summed E-state index contributed by atoms with van der Waals surface area (Å²) in [6.45, 7) is 7.92. The van der Waals surface area contributed by atoms with Gasteiger partial charge in [-0.3, -0.25) is 10.3 Å². The minimum Gasteiger partial charge on any atom is -0.393 e. The van der Waals surface area contributed by atoms with Crippen LogP contribution in [0, 0.1) is 12.7 Å². The molecule has 1 atom stereocenters. The SMILES string of the molecule is C=C(NOCCC(C)O)c1cc2c(ncn2C)c(F)c1Nc1ccc(Br)cc1C. The molecule has 0 spiro atoms. The standard InChI is InChI=1S/C21H24BrFN4O2/c1-12-9-15(22)5-6-17(12)25-20-16(14(3)26-29-8-7-13(2)28)10-18-21(19(20)23)24-11-27(18)4/h5-6,9-11,13,25-26,28H,3,7-8H2,1-2,4H3. The van der Waals surface area contributed by atoms with E-state index in [9.17, 15) is 5.11 Å². The molecular formula is C21H24BrFN4O2. The van der Waals surface area contributed by atoms with Crippen LogP contribution in [0.15, 0.2) is 41.6 Å². The predicted molar refractivity (Wildman–Crippen MR) is 117 cm³/mol. The van der Waals surface area contributed by atoms with Gasteiger partial charge in [-0.05, 0) is 50.1 Å². The number of aliphatic hydroxyl groups is 1. The minimum absolute atomic E-state index is 0.262. The normalized spacial score (nSPS) is 12.2. The number of fused-ring (bicyclic) bond motifs is 1. The van der Waals surface area contributed by atoms with Gasteiger partial charge in [0.15, 0.2) is 5.82 Å². The predicted octanol–water partition coefficient (Wildman–Crippen LogP) is 4.79. The monoisotopic (exact) mass is 462 g/mol. The van der Waals surface area contributed by atoms with Gasteiger partial charge in [-0.2, -0.15) is 0 Å². The lowest BCUT2D eigenvalue weighted by Gasteiger charge is -2.18. The van der Waals surface area contributed by atoms with E-state index in [0.29, 0.717) is 29.8 Å². The molecule has 3 aromatic rings. The zero-order valence-corrected chi connectivity index (χ0v) is 18.2. The topological polar surface area (TPSA) is 71.3 Å². The van der Waals surface area contributed by atoms with Crippen LogP contribution in [0.1, 0.15) is 24.5 Å². The Morgan fingerprint density at radius 3 is 2.86 bits per heavy atom. The van der Waals surface area contributed by atoms with Crippen LogP contribution in [-0.2, 0) is 11.9 Å². The molecule has 0 aliphatic heterocycles. The summed E-state index contributed by atoms with van der Waals surface area (Å²) in [7, 11) is 1.81. The van der Waals surface area contributed by atoms with Crippen molar-refractivity contribution in [1.29, 1.82) is 0 Å². The zero-order chi connectivity index (χ0) is 21.1. The zero-order valence-electron chi connectivity index (χ0n) is 16.6. The Balaban J connectivity index is 1.98. The van der Waals surface area contributed by atoms with Gasteiger partial charge in [0.25, 0.3) is 0 Å². The van der Waals surface area contributed by atoms with Gasteiger partial charge in [-0.25, -0.2) is 9.37 Å². The van der Waals surface area contributed by atoms with Crippen molar-refractivity contribution >= 4 is 44.0 Å². The van der Waals surface area contributed by atoms with E-state index in [0.717, 1.165) is 15.7 Å². The molecule has 1 unspecified atom stereocenters. The first-order valence-electron chi connectivity index (χ1n) is 9.19. The number of nitrogens with one attached hydrogen (secondary N) is 2. The van der Waals surface area contributed by atoms with Crippen molar-refractivity contribution in [2.45, 2.75) is 26.4 Å². The molecular weight excluding hydrogens is 439 g/mol. The maximum absolute atomic E-state index is 15.4. The third kappa shape index (κ3) is 4.77. The van der Waals surface area contributed by atoms with Gasteiger partial charge < -0.3 is 15.0 Å². The molecule has 8 heteroatoms. The highest BCUT2D eigenvalue weighted by Crippen LogP contribution is 2.34. The number of aliphatic hydroxyl groups excluding tert-OH is 1. The molecule has 0 saturated heterocycles. The van der Waals surface area contributed by atoms with Crippen LogP contribution < -0.4 is 10.8 Å². The number of imidazole rings is 1. The fourth-order valence-electron chi connectivity index (χ4n) is 2.91. The molecule has 154 valence electrons. The van der Waals surface area contributed by atoms with E-state index in [1.165, 1.54) is 0 Å². The summed E-state index contributed by atoms with van der Waals surface area (Å²) >= 11 is 3.44. The third-order valence-electron chi connectivity index (χ3n) is 4.57. The average molecular weight is 463 g/mol. The van der Waals surface area contributed by atoms with Gasteiger partial charge >= 0.3 is 0 Å². The Kier molecular flexibility index (Phi) is 6.56. The molecule has 0 fully saturated rings. The van der Waals surface area contributed by atoms with Gasteiger partial charge in [-0.15, -0.1) is 0 Å². The first-order chi connectivity index (χ1) is 13.8. The highest BCUT2D eigenvalue weighted by Gasteiger charge is 2.19. The summed E-state index contributed by atoms with van der Waals surface area (Å²) in [5, 5.41) is 12.5. The fraction of sp³-hybridized carbons (Fsp3) is 0.286. The molecule has 29 heavy (non-hydrogen) atoms. The number of halogens is 2. The van der Waals surface area contributed by atoms with Crippen molar-refractivity contribution < 1.29 is 14.3 Å². The molecule has 1 aromatic heterocycles. The van der Waals surface area contributed by atoms with Gasteiger partial charge in [0.1, 0.15) is 5.52 Å². The van der Waals surface area contributed by atoms with Crippen molar-refractivity contribution in [3.05, 3.63) is 58.6 Å². The van der Waals surface area contributed by atoms with E-state index in [2.05, 4.69) is 38.3 Å². The van der Waals surface area contributed by atoms with Crippen molar-refractivity contribution in [2.75, 3.05) is 11.9 Å². The Labute approximate surface area is 177 Å². The van der Waals surface area contributed by atoms with Gasteiger partial charge in [-0.1, -0.05) is 22.5 Å². The summed E-state index contributed by atoms with van der Waals surface area (Å²) in [4.78, 5) is 9.56. The van der Waals surface area contributed by atoms with Crippen LogP contribution in [-0.4, -0.2) is 27.4 Å². The Hall–Kier alpha value is -2.42. The molecule has 0 aliphatic carbocycles. The largest absolute Gasteiger partial charge is 0.393 e. The number of hydroxylamine groups is 1. The van der Waals surface area contributed by atoms with E-state index < -0.39 is 11.9 Å². The number of nitrogens with zero attached hydrogens (tertiary/aromatic N) is 2. The van der Waals surface area contributed by atoms with Crippen LogP contribution in [0.2, 0.25) is 0 Å². The Morgan fingerprint density at radius 1 is 1.41 bits per heavy atom. The summed E-state index contributed by atoms with van der Waals surface area (Å²) < 4.78 is 18.1. The Morgan fingerprint density at radius 2 is 2.17 bits per heavy atom. The molecule has 3 N–H and O–H groups in total. The first kappa shape index (κ1) is 21.3. The van der Waals surface area contributed by atoms with Crippen LogP contribution >= 0.6 is 15.9 Å². The second-order valence-corrected chi connectivity index (χ2v) is 7.90. The van der Waals surface area contributed by atoms with Crippen LogP contribution in [0.4, 0.5) is 15.8 Å². The van der Waals surface area contributed by atoms with Crippen molar-refractivity contribution in [1.82, 2.24) is 15.0 Å². The highest BCUT2D eigenvalue weighted by molar-refractivity contribution is 9.10. The maximum atomic E-state index is 15.4. The summed E-state index contributed by atoms with van der Waals surface area (Å²) in [5.41, 5.74) is 6.59. The molecule has 1 heterocycles. The first-order valence-corrected chi connectivity index (χ1v) is 9.99. The lowest BCUT2D eigenvalue weighted by Crippen LogP contribution is -2.17. The number of hydrogen-bond acceptors (Lipinski definition) is 5. The van der Waals surface area contributed by atoms with Crippen LogP contribution in [0.5, 0.6) is 0 Å². The third-order valence-corrected chi connectivity index (χ3v) is 5.06. The molecule has 2 aromatic carbocycles. The van der Waals surface area contributed by atoms with Crippen LogP contribution in [0.25, 0.3) is 16.7 Å². The van der Waals surface area contributed by atoms with Crippen molar-refractivity contribution in [3.8, 4) is 0 Å². The molecule has 0 saturated carbocycles. The maximum Gasteiger partial charge on any atom is 0.175 e. The number of aromatic nitrogens is 2. The second kappa shape index (κ2) is 8.94. The lowest BCUT2D eigenvalue weighted by molar-refractivity contribution is 0.0500. The van der Waals surface area contributed by atoms with Gasteiger partial charge in [0.2, 0.25) is 0 Å². The van der Waals surface area contributed by atoms with E-state index >= 15 is 4.39 Å². The molecule has 0 bridgehead atoms. The minimum atomic E-state index is -0.467. The summed E-state index contributed by atoms with van der Waals surface area (Å²) in [6, 6.07) is 7.53. The number of hydrogen-bond donors (Lipinski definition) is 3. The number of anilines is 2.